The van der Waals surface area contributed by atoms with Crippen molar-refractivity contribution in [2.24, 2.45) is 0 Å². The molecule has 0 bridgehead atoms. The lowest BCUT2D eigenvalue weighted by Gasteiger charge is -2.08. The topological polar surface area (TPSA) is 31.4 Å². The molecule has 98 valence electrons. The minimum atomic E-state index is 0.643. The molecule has 0 amide bonds. The summed E-state index contributed by atoms with van der Waals surface area (Å²) >= 11 is 0. The Bertz CT molecular complexity index is 612. The van der Waals surface area contributed by atoms with E-state index in [1.54, 1.807) is 12.4 Å². The van der Waals surface area contributed by atoms with Gasteiger partial charge in [-0.05, 0) is 24.3 Å². The third-order valence-electron chi connectivity index (χ3n) is 2.65. The van der Waals surface area contributed by atoms with Gasteiger partial charge in [0.15, 0.2) is 0 Å². The maximum atomic E-state index is 5.71. The van der Waals surface area contributed by atoms with Crippen molar-refractivity contribution in [2.45, 2.75) is 0 Å². The van der Waals surface area contributed by atoms with E-state index in [2.05, 4.69) is 4.98 Å². The van der Waals surface area contributed by atoms with Crippen LogP contribution in [-0.4, -0.2) is 4.98 Å². The Labute approximate surface area is 117 Å². The molecule has 3 aromatic rings. The van der Waals surface area contributed by atoms with E-state index in [1.807, 2.05) is 66.7 Å². The van der Waals surface area contributed by atoms with Crippen LogP contribution < -0.4 is 9.47 Å². The predicted octanol–water partition coefficient (Wildman–Crippen LogP) is 4.67. The van der Waals surface area contributed by atoms with Crippen LogP contribution in [0.25, 0.3) is 0 Å². The van der Waals surface area contributed by atoms with E-state index in [0.717, 1.165) is 11.5 Å². The van der Waals surface area contributed by atoms with Crippen molar-refractivity contribution in [1.29, 1.82) is 0 Å². The second kappa shape index (κ2) is 5.89. The van der Waals surface area contributed by atoms with Crippen LogP contribution in [0.5, 0.6) is 23.0 Å². The van der Waals surface area contributed by atoms with Gasteiger partial charge in [0.1, 0.15) is 23.0 Å². The molecular formula is C17H13NO2. The van der Waals surface area contributed by atoms with E-state index in [9.17, 15) is 0 Å². The number of para-hydroxylation sites is 2. The summed E-state index contributed by atoms with van der Waals surface area (Å²) in [4.78, 5) is 4.13. The molecule has 20 heavy (non-hydrogen) atoms. The lowest BCUT2D eigenvalue weighted by Crippen LogP contribution is -1.88. The number of benzene rings is 2. The fraction of sp³-hybridized carbons (Fsp3) is 0. The molecule has 0 N–H and O–H groups in total. The third-order valence-corrected chi connectivity index (χ3v) is 2.65. The molecule has 1 aromatic heterocycles. The van der Waals surface area contributed by atoms with Gasteiger partial charge in [0, 0.05) is 6.07 Å². The molecule has 0 saturated heterocycles. The number of pyridine rings is 1. The second-order valence-electron chi connectivity index (χ2n) is 4.19. The fourth-order valence-electron chi connectivity index (χ4n) is 1.76. The van der Waals surface area contributed by atoms with Crippen LogP contribution >= 0.6 is 0 Å². The molecule has 1 heterocycles. The first kappa shape index (κ1) is 12.2. The molecule has 0 aliphatic rings. The normalized spacial score (nSPS) is 10.0. The smallest absolute Gasteiger partial charge is 0.149 e. The largest absolute Gasteiger partial charge is 0.456 e. The third kappa shape index (κ3) is 3.14. The molecule has 0 saturated carbocycles. The van der Waals surface area contributed by atoms with Crippen molar-refractivity contribution in [2.75, 3.05) is 0 Å². The van der Waals surface area contributed by atoms with E-state index in [4.69, 9.17) is 9.47 Å². The van der Waals surface area contributed by atoms with Gasteiger partial charge in [-0.1, -0.05) is 36.4 Å². The van der Waals surface area contributed by atoms with Crippen molar-refractivity contribution in [1.82, 2.24) is 4.98 Å². The van der Waals surface area contributed by atoms with Crippen molar-refractivity contribution < 1.29 is 9.47 Å². The summed E-state index contributed by atoms with van der Waals surface area (Å²) < 4.78 is 11.4. The van der Waals surface area contributed by atoms with E-state index in [-0.39, 0.29) is 0 Å². The lowest BCUT2D eigenvalue weighted by molar-refractivity contribution is 0.456. The molecule has 2 aromatic carbocycles. The Kier molecular flexibility index (Phi) is 3.60. The summed E-state index contributed by atoms with van der Waals surface area (Å²) in [6.07, 6.45) is 3.32. The van der Waals surface area contributed by atoms with Gasteiger partial charge < -0.3 is 9.47 Å². The number of nitrogens with zero attached hydrogens (tertiary/aromatic N) is 1. The average molecular weight is 263 g/mol. The molecule has 0 aliphatic carbocycles. The zero-order valence-electron chi connectivity index (χ0n) is 10.8. The molecule has 0 unspecified atom stereocenters. The highest BCUT2D eigenvalue weighted by Gasteiger charge is 2.01. The highest BCUT2D eigenvalue weighted by atomic mass is 16.5. The number of ether oxygens (including phenoxy) is 2. The van der Waals surface area contributed by atoms with Crippen LogP contribution in [0.4, 0.5) is 0 Å². The summed E-state index contributed by atoms with van der Waals surface area (Å²) in [6.45, 7) is 0. The number of hydrogen-bond acceptors (Lipinski definition) is 3. The van der Waals surface area contributed by atoms with Crippen LogP contribution in [0.2, 0.25) is 0 Å². The molecule has 0 aliphatic heterocycles. The molecule has 0 spiro atoms. The number of hydrogen-bond donors (Lipinski definition) is 0. The summed E-state index contributed by atoms with van der Waals surface area (Å²) in [5.41, 5.74) is 0. The SMILES string of the molecule is c1ccc(Oc2cncc(Oc3ccccc3)c2)cc1. The maximum Gasteiger partial charge on any atom is 0.149 e. The highest BCUT2D eigenvalue weighted by Crippen LogP contribution is 2.26. The van der Waals surface area contributed by atoms with Crippen LogP contribution in [0, 0.1) is 0 Å². The van der Waals surface area contributed by atoms with Gasteiger partial charge in [-0.15, -0.1) is 0 Å². The summed E-state index contributed by atoms with van der Waals surface area (Å²) in [5, 5.41) is 0. The minimum Gasteiger partial charge on any atom is -0.456 e. The van der Waals surface area contributed by atoms with Gasteiger partial charge in [0.2, 0.25) is 0 Å². The first-order valence-electron chi connectivity index (χ1n) is 6.31. The Balaban J connectivity index is 1.76. The van der Waals surface area contributed by atoms with Crippen LogP contribution in [-0.2, 0) is 0 Å². The highest BCUT2D eigenvalue weighted by molar-refractivity contribution is 5.36. The first-order valence-corrected chi connectivity index (χ1v) is 6.31. The van der Waals surface area contributed by atoms with Crippen LogP contribution in [0.1, 0.15) is 0 Å². The second-order valence-corrected chi connectivity index (χ2v) is 4.19. The van der Waals surface area contributed by atoms with E-state index in [1.165, 1.54) is 0 Å². The molecule has 3 rings (SSSR count). The molecule has 3 nitrogen and oxygen atoms in total. The predicted molar refractivity (Wildman–Crippen MR) is 77.3 cm³/mol. The van der Waals surface area contributed by atoms with Gasteiger partial charge in [-0.2, -0.15) is 0 Å². The zero-order chi connectivity index (χ0) is 13.6. The van der Waals surface area contributed by atoms with E-state index < -0.39 is 0 Å². The summed E-state index contributed by atoms with van der Waals surface area (Å²) in [7, 11) is 0. The zero-order valence-corrected chi connectivity index (χ0v) is 10.8. The fourth-order valence-corrected chi connectivity index (χ4v) is 1.76. The van der Waals surface area contributed by atoms with E-state index >= 15 is 0 Å². The molecule has 3 heteroatoms. The summed E-state index contributed by atoms with van der Waals surface area (Å²) in [5.74, 6) is 2.83. The quantitative estimate of drug-likeness (QED) is 0.685. The summed E-state index contributed by atoms with van der Waals surface area (Å²) in [6, 6.07) is 21.0. The van der Waals surface area contributed by atoms with Crippen LogP contribution in [0.15, 0.2) is 79.1 Å². The van der Waals surface area contributed by atoms with Crippen molar-refractivity contribution in [3.63, 3.8) is 0 Å². The Morgan fingerprint density at radius 1 is 0.550 bits per heavy atom. The van der Waals surface area contributed by atoms with Gasteiger partial charge in [0.05, 0.1) is 12.4 Å². The number of aromatic nitrogens is 1. The standard InChI is InChI=1S/C17H13NO2/c1-3-7-14(8-4-1)19-16-11-17(13-18-12-16)20-15-9-5-2-6-10-15/h1-13H. The Hall–Kier alpha value is -2.81. The van der Waals surface area contributed by atoms with Gasteiger partial charge in [-0.25, -0.2) is 0 Å². The maximum absolute atomic E-state index is 5.71. The van der Waals surface area contributed by atoms with E-state index in [0.29, 0.717) is 11.5 Å². The first-order chi connectivity index (χ1) is 9.90. The molecule has 0 radical (unpaired) electrons. The molecule has 0 atom stereocenters. The van der Waals surface area contributed by atoms with Gasteiger partial charge in [0.25, 0.3) is 0 Å². The molecular weight excluding hydrogens is 250 g/mol. The monoisotopic (exact) mass is 263 g/mol. The molecule has 0 fully saturated rings. The van der Waals surface area contributed by atoms with Crippen molar-refractivity contribution >= 4 is 0 Å². The van der Waals surface area contributed by atoms with Crippen molar-refractivity contribution in [3.8, 4) is 23.0 Å². The van der Waals surface area contributed by atoms with Gasteiger partial charge >= 0.3 is 0 Å². The van der Waals surface area contributed by atoms with Gasteiger partial charge in [-0.3, -0.25) is 4.98 Å². The minimum absolute atomic E-state index is 0.643. The number of rotatable bonds is 4. The Morgan fingerprint density at radius 2 is 1.00 bits per heavy atom. The average Bonchev–Trinajstić information content (AvgIpc) is 2.50. The Morgan fingerprint density at radius 3 is 1.45 bits per heavy atom. The van der Waals surface area contributed by atoms with Crippen molar-refractivity contribution in [3.05, 3.63) is 79.1 Å². The lowest BCUT2D eigenvalue weighted by atomic mass is 10.3. The van der Waals surface area contributed by atoms with Crippen LogP contribution in [0.3, 0.4) is 0 Å².